The molecule has 0 aliphatic heterocycles. The smallest absolute Gasteiger partial charge is 0.151 e. The second kappa shape index (κ2) is 3.14. The van der Waals surface area contributed by atoms with E-state index in [0.29, 0.717) is 5.15 Å². The molecule has 1 aliphatic carbocycles. The van der Waals surface area contributed by atoms with Gasteiger partial charge in [-0.15, -0.1) is 10.2 Å². The van der Waals surface area contributed by atoms with Gasteiger partial charge in [0.25, 0.3) is 0 Å². The van der Waals surface area contributed by atoms with Gasteiger partial charge in [-0.1, -0.05) is 11.6 Å². The number of anilines is 1. The monoisotopic (exact) mass is 197 g/mol. The molecule has 0 radical (unpaired) electrons. The lowest BCUT2D eigenvalue weighted by molar-refractivity contribution is 0.305. The molecule has 0 atom stereocenters. The minimum Gasteiger partial charge on any atom is -0.363 e. The SMILES string of the molecule is CC1(Nc2ccc(Cl)nn2)CCC1. The Kier molecular flexibility index (Phi) is 2.12. The highest BCUT2D eigenvalue weighted by Crippen LogP contribution is 2.33. The Morgan fingerprint density at radius 2 is 2.15 bits per heavy atom. The predicted octanol–water partition coefficient (Wildman–Crippen LogP) is 2.48. The topological polar surface area (TPSA) is 37.8 Å². The fourth-order valence-corrected chi connectivity index (χ4v) is 1.62. The highest BCUT2D eigenvalue weighted by molar-refractivity contribution is 6.29. The van der Waals surface area contributed by atoms with Crippen LogP contribution in [0.25, 0.3) is 0 Å². The van der Waals surface area contributed by atoms with Crippen molar-refractivity contribution in [2.75, 3.05) is 5.32 Å². The molecule has 0 unspecified atom stereocenters. The van der Waals surface area contributed by atoms with Gasteiger partial charge in [-0.25, -0.2) is 0 Å². The van der Waals surface area contributed by atoms with E-state index in [1.54, 1.807) is 6.07 Å². The second-order valence-electron chi connectivity index (χ2n) is 3.78. The van der Waals surface area contributed by atoms with Crippen molar-refractivity contribution in [1.29, 1.82) is 0 Å². The minimum absolute atomic E-state index is 0.225. The maximum atomic E-state index is 5.63. The molecule has 13 heavy (non-hydrogen) atoms. The predicted molar refractivity (Wildman–Crippen MR) is 52.9 cm³/mol. The maximum absolute atomic E-state index is 5.63. The van der Waals surface area contributed by atoms with Gasteiger partial charge in [-0.05, 0) is 38.3 Å². The molecular formula is C9H12ClN3. The zero-order valence-corrected chi connectivity index (χ0v) is 8.30. The fourth-order valence-electron chi connectivity index (χ4n) is 1.52. The molecule has 2 rings (SSSR count). The van der Waals surface area contributed by atoms with E-state index >= 15 is 0 Å². The summed E-state index contributed by atoms with van der Waals surface area (Å²) in [7, 11) is 0. The lowest BCUT2D eigenvalue weighted by Crippen LogP contribution is -2.41. The highest BCUT2D eigenvalue weighted by atomic mass is 35.5. The van der Waals surface area contributed by atoms with Crippen molar-refractivity contribution in [3.05, 3.63) is 17.3 Å². The van der Waals surface area contributed by atoms with E-state index in [1.165, 1.54) is 19.3 Å². The van der Waals surface area contributed by atoms with Crippen molar-refractivity contribution in [2.24, 2.45) is 0 Å². The Hall–Kier alpha value is -0.830. The first kappa shape index (κ1) is 8.75. The largest absolute Gasteiger partial charge is 0.363 e. The number of nitrogens with zero attached hydrogens (tertiary/aromatic N) is 2. The van der Waals surface area contributed by atoms with Gasteiger partial charge in [-0.2, -0.15) is 0 Å². The van der Waals surface area contributed by atoms with Crippen LogP contribution in [0.15, 0.2) is 12.1 Å². The molecule has 1 heterocycles. The molecule has 4 heteroatoms. The number of nitrogens with one attached hydrogen (secondary N) is 1. The van der Waals surface area contributed by atoms with Gasteiger partial charge in [0.15, 0.2) is 5.15 Å². The minimum atomic E-state index is 0.225. The van der Waals surface area contributed by atoms with E-state index in [-0.39, 0.29) is 5.54 Å². The van der Waals surface area contributed by atoms with Gasteiger partial charge in [0.2, 0.25) is 0 Å². The third-order valence-electron chi connectivity index (χ3n) is 2.52. The molecule has 0 saturated heterocycles. The molecule has 1 fully saturated rings. The molecular weight excluding hydrogens is 186 g/mol. The van der Waals surface area contributed by atoms with Crippen molar-refractivity contribution in [3.8, 4) is 0 Å². The summed E-state index contributed by atoms with van der Waals surface area (Å²) in [5.41, 5.74) is 0.225. The van der Waals surface area contributed by atoms with Gasteiger partial charge >= 0.3 is 0 Å². The fraction of sp³-hybridized carbons (Fsp3) is 0.556. The summed E-state index contributed by atoms with van der Waals surface area (Å²) in [6, 6.07) is 3.61. The van der Waals surface area contributed by atoms with Gasteiger partial charge in [0.1, 0.15) is 5.82 Å². The van der Waals surface area contributed by atoms with Gasteiger partial charge < -0.3 is 5.32 Å². The average Bonchev–Trinajstić information content (AvgIpc) is 2.06. The molecule has 1 aliphatic rings. The summed E-state index contributed by atoms with van der Waals surface area (Å²) in [6.07, 6.45) is 3.71. The van der Waals surface area contributed by atoms with Crippen LogP contribution in [-0.2, 0) is 0 Å². The van der Waals surface area contributed by atoms with Crippen LogP contribution in [0.5, 0.6) is 0 Å². The molecule has 0 amide bonds. The summed E-state index contributed by atoms with van der Waals surface area (Å²) in [6.45, 7) is 2.20. The molecule has 1 saturated carbocycles. The van der Waals surface area contributed by atoms with E-state index in [0.717, 1.165) is 5.82 Å². The summed E-state index contributed by atoms with van der Waals surface area (Å²) >= 11 is 5.63. The third kappa shape index (κ3) is 1.91. The van der Waals surface area contributed by atoms with Crippen molar-refractivity contribution < 1.29 is 0 Å². The maximum Gasteiger partial charge on any atom is 0.151 e. The molecule has 0 spiro atoms. The van der Waals surface area contributed by atoms with Crippen LogP contribution >= 0.6 is 11.6 Å². The molecule has 70 valence electrons. The number of halogens is 1. The van der Waals surface area contributed by atoms with E-state index in [1.807, 2.05) is 6.07 Å². The molecule has 3 nitrogen and oxygen atoms in total. The summed E-state index contributed by atoms with van der Waals surface area (Å²) in [5, 5.41) is 11.5. The Morgan fingerprint density at radius 3 is 2.62 bits per heavy atom. The molecule has 1 aromatic rings. The standard InChI is InChI=1S/C9H12ClN3/c1-9(5-2-6-9)11-8-4-3-7(10)12-13-8/h3-4H,2,5-6H2,1H3,(H,11,13). The first-order valence-corrected chi connectivity index (χ1v) is 4.83. The summed E-state index contributed by atoms with van der Waals surface area (Å²) in [4.78, 5) is 0. The first-order chi connectivity index (χ1) is 6.18. The molecule has 0 bridgehead atoms. The van der Waals surface area contributed by atoms with Crippen LogP contribution in [0.4, 0.5) is 5.82 Å². The zero-order chi connectivity index (χ0) is 9.31. The van der Waals surface area contributed by atoms with Crippen LogP contribution in [0.3, 0.4) is 0 Å². The third-order valence-corrected chi connectivity index (χ3v) is 2.72. The van der Waals surface area contributed by atoms with E-state index in [2.05, 4.69) is 22.4 Å². The Morgan fingerprint density at radius 1 is 1.38 bits per heavy atom. The van der Waals surface area contributed by atoms with Gasteiger partial charge in [-0.3, -0.25) is 0 Å². The van der Waals surface area contributed by atoms with Crippen molar-refractivity contribution >= 4 is 17.4 Å². The Labute approximate surface area is 82.5 Å². The Bertz CT molecular complexity index is 292. The Balaban J connectivity index is 2.05. The number of rotatable bonds is 2. The van der Waals surface area contributed by atoms with Crippen LogP contribution < -0.4 is 5.32 Å². The first-order valence-electron chi connectivity index (χ1n) is 4.45. The highest BCUT2D eigenvalue weighted by Gasteiger charge is 2.31. The van der Waals surface area contributed by atoms with Crippen LogP contribution in [0.2, 0.25) is 5.15 Å². The van der Waals surface area contributed by atoms with Gasteiger partial charge in [0, 0.05) is 5.54 Å². The van der Waals surface area contributed by atoms with E-state index in [9.17, 15) is 0 Å². The van der Waals surface area contributed by atoms with Crippen LogP contribution in [0, 0.1) is 0 Å². The lowest BCUT2D eigenvalue weighted by Gasteiger charge is -2.39. The number of hydrogen-bond acceptors (Lipinski definition) is 3. The van der Waals surface area contributed by atoms with Crippen molar-refractivity contribution in [1.82, 2.24) is 10.2 Å². The van der Waals surface area contributed by atoms with E-state index < -0.39 is 0 Å². The number of hydrogen-bond donors (Lipinski definition) is 1. The number of aromatic nitrogens is 2. The quantitative estimate of drug-likeness (QED) is 0.792. The molecule has 1 aromatic heterocycles. The van der Waals surface area contributed by atoms with Crippen molar-refractivity contribution in [3.63, 3.8) is 0 Å². The van der Waals surface area contributed by atoms with E-state index in [4.69, 9.17) is 11.6 Å². The van der Waals surface area contributed by atoms with Crippen molar-refractivity contribution in [2.45, 2.75) is 31.7 Å². The van der Waals surface area contributed by atoms with Crippen LogP contribution in [0.1, 0.15) is 26.2 Å². The molecule has 1 N–H and O–H groups in total. The summed E-state index contributed by atoms with van der Waals surface area (Å²) in [5.74, 6) is 0.812. The lowest BCUT2D eigenvalue weighted by atomic mass is 9.78. The molecule has 0 aromatic carbocycles. The average molecular weight is 198 g/mol. The second-order valence-corrected chi connectivity index (χ2v) is 4.17. The van der Waals surface area contributed by atoms with Crippen LogP contribution in [-0.4, -0.2) is 15.7 Å². The summed E-state index contributed by atoms with van der Waals surface area (Å²) < 4.78 is 0. The zero-order valence-electron chi connectivity index (χ0n) is 7.55. The van der Waals surface area contributed by atoms with Gasteiger partial charge in [0.05, 0.1) is 0 Å². The normalized spacial score (nSPS) is 19.2.